The third kappa shape index (κ3) is 7.52. The number of aliphatic imine (C=N–C) groups is 1. The van der Waals surface area contributed by atoms with Gasteiger partial charge in [0, 0.05) is 32.8 Å². The smallest absolute Gasteiger partial charge is 0.191 e. The van der Waals surface area contributed by atoms with Gasteiger partial charge in [0.15, 0.2) is 5.96 Å². The molecule has 6 heteroatoms. The Kier molecular flexibility index (Phi) is 9.10. The summed E-state index contributed by atoms with van der Waals surface area (Å²) in [6, 6.07) is 5.86. The lowest BCUT2D eigenvalue weighted by molar-refractivity contribution is 0.123. The van der Waals surface area contributed by atoms with Gasteiger partial charge in [-0.25, -0.2) is 0 Å². The molecule has 1 aliphatic rings. The van der Waals surface area contributed by atoms with Crippen LogP contribution in [0.25, 0.3) is 0 Å². The zero-order chi connectivity index (χ0) is 18.6. The van der Waals surface area contributed by atoms with Gasteiger partial charge >= 0.3 is 0 Å². The molecular weight excluding hydrogens is 330 g/mol. The number of hydrogen-bond acceptors (Lipinski definition) is 4. The molecular formula is C20H33N3O3. The Bertz CT molecular complexity index is 559. The predicted molar refractivity (Wildman–Crippen MR) is 105 cm³/mol. The lowest BCUT2D eigenvalue weighted by atomic mass is 10.1. The second-order valence-corrected chi connectivity index (χ2v) is 6.49. The third-order valence-corrected chi connectivity index (χ3v) is 4.29. The highest BCUT2D eigenvalue weighted by atomic mass is 16.5. The van der Waals surface area contributed by atoms with Crippen molar-refractivity contribution in [2.75, 3.05) is 47.1 Å². The monoisotopic (exact) mass is 363 g/mol. The van der Waals surface area contributed by atoms with E-state index in [9.17, 15) is 0 Å². The second kappa shape index (κ2) is 11.6. The van der Waals surface area contributed by atoms with E-state index < -0.39 is 0 Å². The van der Waals surface area contributed by atoms with Crippen LogP contribution in [0, 0.1) is 5.92 Å². The molecule has 1 aromatic carbocycles. The summed E-state index contributed by atoms with van der Waals surface area (Å²) in [4.78, 5) is 4.61. The first kappa shape index (κ1) is 20.4. The van der Waals surface area contributed by atoms with Crippen LogP contribution in [0.5, 0.6) is 11.5 Å². The summed E-state index contributed by atoms with van der Waals surface area (Å²) in [5.41, 5.74) is 1.11. The van der Waals surface area contributed by atoms with Gasteiger partial charge in [0.25, 0.3) is 0 Å². The predicted octanol–water partition coefficient (Wildman–Crippen LogP) is 2.62. The van der Waals surface area contributed by atoms with Crippen LogP contribution < -0.4 is 20.1 Å². The number of methoxy groups -OCH3 is 2. The SMILES string of the molecule is CCNC(=NCCCOCC1CC1)NCCc1cc(OC)ccc1OC. The molecule has 1 saturated carbocycles. The number of nitrogens with zero attached hydrogens (tertiary/aromatic N) is 1. The molecule has 0 amide bonds. The Morgan fingerprint density at radius 1 is 1.19 bits per heavy atom. The highest BCUT2D eigenvalue weighted by Gasteiger charge is 2.20. The van der Waals surface area contributed by atoms with Crippen LogP contribution >= 0.6 is 0 Å². The molecule has 0 aromatic heterocycles. The fraction of sp³-hybridized carbons (Fsp3) is 0.650. The van der Waals surface area contributed by atoms with Gasteiger partial charge in [-0.3, -0.25) is 4.99 Å². The lowest BCUT2D eigenvalue weighted by Gasteiger charge is -2.13. The van der Waals surface area contributed by atoms with Gasteiger partial charge in [-0.15, -0.1) is 0 Å². The minimum atomic E-state index is 0.766. The van der Waals surface area contributed by atoms with Gasteiger partial charge in [0.2, 0.25) is 0 Å². The molecule has 2 rings (SSSR count). The molecule has 6 nitrogen and oxygen atoms in total. The molecule has 1 aromatic rings. The van der Waals surface area contributed by atoms with Crippen LogP contribution in [0.15, 0.2) is 23.2 Å². The van der Waals surface area contributed by atoms with Crippen LogP contribution in [0.1, 0.15) is 31.7 Å². The molecule has 26 heavy (non-hydrogen) atoms. The van der Waals surface area contributed by atoms with Crippen molar-refractivity contribution >= 4 is 5.96 Å². The molecule has 2 N–H and O–H groups in total. The molecule has 0 radical (unpaired) electrons. The van der Waals surface area contributed by atoms with Gasteiger partial charge in [-0.1, -0.05) is 0 Å². The van der Waals surface area contributed by atoms with Crippen LogP contribution in [-0.4, -0.2) is 53.0 Å². The number of rotatable bonds is 12. The first-order valence-electron chi connectivity index (χ1n) is 9.57. The maximum Gasteiger partial charge on any atom is 0.191 e. The molecule has 0 bridgehead atoms. The Morgan fingerprint density at radius 3 is 2.73 bits per heavy atom. The fourth-order valence-electron chi connectivity index (χ4n) is 2.63. The van der Waals surface area contributed by atoms with Crippen LogP contribution in [0.4, 0.5) is 0 Å². The van der Waals surface area contributed by atoms with Crippen LogP contribution in [-0.2, 0) is 11.2 Å². The lowest BCUT2D eigenvalue weighted by Crippen LogP contribution is -2.38. The molecule has 146 valence electrons. The number of hydrogen-bond donors (Lipinski definition) is 2. The van der Waals surface area contributed by atoms with Crippen molar-refractivity contribution in [3.8, 4) is 11.5 Å². The maximum absolute atomic E-state index is 5.65. The second-order valence-electron chi connectivity index (χ2n) is 6.49. The molecule has 1 fully saturated rings. The minimum Gasteiger partial charge on any atom is -0.497 e. The summed E-state index contributed by atoms with van der Waals surface area (Å²) in [6.45, 7) is 6.16. The average Bonchev–Trinajstić information content (AvgIpc) is 3.48. The average molecular weight is 364 g/mol. The number of guanidine groups is 1. The molecule has 1 aliphatic carbocycles. The van der Waals surface area contributed by atoms with E-state index in [0.717, 1.165) is 74.6 Å². The van der Waals surface area contributed by atoms with Crippen molar-refractivity contribution in [2.45, 2.75) is 32.6 Å². The van der Waals surface area contributed by atoms with Gasteiger partial charge < -0.3 is 24.8 Å². The van der Waals surface area contributed by atoms with E-state index in [1.165, 1.54) is 12.8 Å². The summed E-state index contributed by atoms with van der Waals surface area (Å²) in [7, 11) is 3.36. The number of ether oxygens (including phenoxy) is 3. The highest BCUT2D eigenvalue weighted by molar-refractivity contribution is 5.79. The summed E-state index contributed by atoms with van der Waals surface area (Å²) < 4.78 is 16.4. The minimum absolute atomic E-state index is 0.766. The van der Waals surface area contributed by atoms with E-state index in [4.69, 9.17) is 14.2 Å². The van der Waals surface area contributed by atoms with E-state index in [0.29, 0.717) is 0 Å². The van der Waals surface area contributed by atoms with Gasteiger partial charge in [0.1, 0.15) is 11.5 Å². The van der Waals surface area contributed by atoms with E-state index in [-0.39, 0.29) is 0 Å². The standard InChI is InChI=1S/C20H33N3O3/c1-4-21-20(22-11-5-13-26-15-16-6-7-16)23-12-10-17-14-18(24-2)8-9-19(17)25-3/h8-9,14,16H,4-7,10-13,15H2,1-3H3,(H2,21,22,23). The van der Waals surface area contributed by atoms with Gasteiger partial charge in [-0.2, -0.15) is 0 Å². The Morgan fingerprint density at radius 2 is 2.04 bits per heavy atom. The largest absolute Gasteiger partial charge is 0.497 e. The molecule has 0 aliphatic heterocycles. The maximum atomic E-state index is 5.65. The van der Waals surface area contributed by atoms with E-state index in [1.807, 2.05) is 18.2 Å². The topological polar surface area (TPSA) is 64.1 Å². The fourth-order valence-corrected chi connectivity index (χ4v) is 2.63. The zero-order valence-electron chi connectivity index (χ0n) is 16.3. The van der Waals surface area contributed by atoms with E-state index in [2.05, 4.69) is 22.5 Å². The van der Waals surface area contributed by atoms with E-state index >= 15 is 0 Å². The first-order chi connectivity index (χ1) is 12.8. The van der Waals surface area contributed by atoms with Gasteiger partial charge in [-0.05, 0) is 62.3 Å². The molecule has 0 spiro atoms. The van der Waals surface area contributed by atoms with Crippen molar-refractivity contribution in [1.29, 1.82) is 0 Å². The quantitative estimate of drug-likeness (QED) is 0.340. The Balaban J connectivity index is 1.73. The molecule has 0 saturated heterocycles. The van der Waals surface area contributed by atoms with Crippen LogP contribution in [0.2, 0.25) is 0 Å². The van der Waals surface area contributed by atoms with Crippen molar-refractivity contribution in [3.63, 3.8) is 0 Å². The summed E-state index contributed by atoms with van der Waals surface area (Å²) in [6.07, 6.45) is 4.46. The summed E-state index contributed by atoms with van der Waals surface area (Å²) in [5.74, 6) is 3.39. The summed E-state index contributed by atoms with van der Waals surface area (Å²) in [5, 5.41) is 6.66. The zero-order valence-corrected chi connectivity index (χ0v) is 16.3. The highest BCUT2D eigenvalue weighted by Crippen LogP contribution is 2.28. The number of nitrogens with one attached hydrogen (secondary N) is 2. The van der Waals surface area contributed by atoms with Crippen molar-refractivity contribution in [3.05, 3.63) is 23.8 Å². The van der Waals surface area contributed by atoms with Crippen molar-refractivity contribution in [2.24, 2.45) is 10.9 Å². The Hall–Kier alpha value is -1.95. The van der Waals surface area contributed by atoms with E-state index in [1.54, 1.807) is 14.2 Å². The first-order valence-corrected chi connectivity index (χ1v) is 9.57. The van der Waals surface area contributed by atoms with Crippen LogP contribution in [0.3, 0.4) is 0 Å². The summed E-state index contributed by atoms with van der Waals surface area (Å²) >= 11 is 0. The molecule has 0 unspecified atom stereocenters. The van der Waals surface area contributed by atoms with Gasteiger partial charge in [0.05, 0.1) is 14.2 Å². The third-order valence-electron chi connectivity index (χ3n) is 4.29. The number of benzene rings is 1. The normalized spacial score (nSPS) is 14.2. The Labute approximate surface area is 157 Å². The molecule has 0 heterocycles. The van der Waals surface area contributed by atoms with Crippen molar-refractivity contribution in [1.82, 2.24) is 10.6 Å². The van der Waals surface area contributed by atoms with Crippen molar-refractivity contribution < 1.29 is 14.2 Å². The molecule has 0 atom stereocenters.